The SMILES string of the molecule is Cn1c(CO)nnc1C1CC(NC(=O)Cc2ccc(S(C)(=O)=O)cc2)C1. The van der Waals surface area contributed by atoms with E-state index in [2.05, 4.69) is 15.5 Å². The average molecular weight is 378 g/mol. The van der Waals surface area contributed by atoms with E-state index in [1.165, 1.54) is 12.1 Å². The molecule has 8 nitrogen and oxygen atoms in total. The number of hydrogen-bond donors (Lipinski definition) is 2. The van der Waals surface area contributed by atoms with E-state index in [1.807, 2.05) is 7.05 Å². The number of aliphatic hydroxyl groups is 1. The van der Waals surface area contributed by atoms with Crippen LogP contribution in [-0.2, 0) is 34.7 Å². The lowest BCUT2D eigenvalue weighted by Gasteiger charge is -2.35. The Bertz CT molecular complexity index is 899. The summed E-state index contributed by atoms with van der Waals surface area (Å²) in [5, 5.41) is 20.2. The van der Waals surface area contributed by atoms with Crippen LogP contribution in [0.25, 0.3) is 0 Å². The van der Waals surface area contributed by atoms with Crippen molar-refractivity contribution < 1.29 is 18.3 Å². The first-order valence-electron chi connectivity index (χ1n) is 8.35. The van der Waals surface area contributed by atoms with E-state index in [0.29, 0.717) is 5.82 Å². The molecule has 0 bridgehead atoms. The Kier molecular flexibility index (Phi) is 5.10. The summed E-state index contributed by atoms with van der Waals surface area (Å²) in [4.78, 5) is 12.4. The van der Waals surface area contributed by atoms with Gasteiger partial charge in [-0.1, -0.05) is 12.1 Å². The summed E-state index contributed by atoms with van der Waals surface area (Å²) < 4.78 is 24.7. The molecule has 0 unspecified atom stereocenters. The van der Waals surface area contributed by atoms with Crippen molar-refractivity contribution in [1.82, 2.24) is 20.1 Å². The molecule has 3 rings (SSSR count). The van der Waals surface area contributed by atoms with E-state index >= 15 is 0 Å². The number of carbonyl (C=O) groups excluding carboxylic acids is 1. The third-order valence-corrected chi connectivity index (χ3v) is 5.85. The lowest BCUT2D eigenvalue weighted by atomic mass is 9.79. The molecule has 1 heterocycles. The minimum absolute atomic E-state index is 0.0884. The smallest absolute Gasteiger partial charge is 0.224 e. The molecule has 0 aliphatic heterocycles. The van der Waals surface area contributed by atoms with Gasteiger partial charge in [0.1, 0.15) is 12.4 Å². The van der Waals surface area contributed by atoms with Crippen LogP contribution in [0.15, 0.2) is 29.2 Å². The maximum atomic E-state index is 12.2. The summed E-state index contributed by atoms with van der Waals surface area (Å²) in [6.07, 6.45) is 2.94. The number of rotatable bonds is 6. The van der Waals surface area contributed by atoms with Crippen molar-refractivity contribution in [2.75, 3.05) is 6.26 Å². The second-order valence-electron chi connectivity index (χ2n) is 6.72. The molecule has 1 fully saturated rings. The molecule has 26 heavy (non-hydrogen) atoms. The first-order valence-corrected chi connectivity index (χ1v) is 10.2. The molecule has 0 spiro atoms. The molecular weight excluding hydrogens is 356 g/mol. The molecule has 2 N–H and O–H groups in total. The van der Waals surface area contributed by atoms with Crippen LogP contribution in [0.2, 0.25) is 0 Å². The van der Waals surface area contributed by atoms with Gasteiger partial charge in [-0.15, -0.1) is 10.2 Å². The highest BCUT2D eigenvalue weighted by Crippen LogP contribution is 2.35. The number of amides is 1. The second kappa shape index (κ2) is 7.16. The van der Waals surface area contributed by atoms with Crippen molar-refractivity contribution in [1.29, 1.82) is 0 Å². The molecule has 1 aromatic carbocycles. The van der Waals surface area contributed by atoms with E-state index in [1.54, 1.807) is 16.7 Å². The number of hydrogen-bond acceptors (Lipinski definition) is 6. The molecule has 140 valence electrons. The number of sulfone groups is 1. The van der Waals surface area contributed by atoms with Gasteiger partial charge in [0, 0.05) is 25.3 Å². The molecule has 0 saturated heterocycles. The van der Waals surface area contributed by atoms with Crippen molar-refractivity contribution in [2.24, 2.45) is 7.05 Å². The minimum atomic E-state index is -3.23. The van der Waals surface area contributed by atoms with Crippen molar-refractivity contribution in [3.8, 4) is 0 Å². The van der Waals surface area contributed by atoms with Crippen LogP contribution in [0, 0.1) is 0 Å². The van der Waals surface area contributed by atoms with E-state index in [9.17, 15) is 13.2 Å². The maximum absolute atomic E-state index is 12.2. The van der Waals surface area contributed by atoms with Gasteiger partial charge in [-0.2, -0.15) is 0 Å². The first-order chi connectivity index (χ1) is 12.3. The van der Waals surface area contributed by atoms with Gasteiger partial charge in [-0.25, -0.2) is 8.42 Å². The molecule has 2 aromatic rings. The van der Waals surface area contributed by atoms with Crippen molar-refractivity contribution >= 4 is 15.7 Å². The summed E-state index contributed by atoms with van der Waals surface area (Å²) in [6.45, 7) is -0.144. The Morgan fingerprint density at radius 3 is 2.46 bits per heavy atom. The summed E-state index contributed by atoms with van der Waals surface area (Å²) in [7, 11) is -1.40. The normalized spacial score (nSPS) is 19.8. The highest BCUT2D eigenvalue weighted by molar-refractivity contribution is 7.90. The molecule has 1 aliphatic carbocycles. The Balaban J connectivity index is 1.50. The van der Waals surface area contributed by atoms with Crippen molar-refractivity contribution in [3.63, 3.8) is 0 Å². The lowest BCUT2D eigenvalue weighted by Crippen LogP contribution is -2.44. The van der Waals surface area contributed by atoms with Gasteiger partial charge in [0.25, 0.3) is 0 Å². The summed E-state index contributed by atoms with van der Waals surface area (Å²) >= 11 is 0. The topological polar surface area (TPSA) is 114 Å². The molecule has 9 heteroatoms. The van der Waals surface area contributed by atoms with Crippen LogP contribution in [-0.4, -0.2) is 46.5 Å². The van der Waals surface area contributed by atoms with Crippen LogP contribution < -0.4 is 5.32 Å². The fourth-order valence-corrected chi connectivity index (χ4v) is 3.76. The number of aromatic nitrogens is 3. The van der Waals surface area contributed by atoms with Crippen LogP contribution in [0.3, 0.4) is 0 Å². The molecule has 0 atom stereocenters. The number of benzene rings is 1. The van der Waals surface area contributed by atoms with Gasteiger partial charge in [0.15, 0.2) is 15.7 Å². The number of nitrogens with one attached hydrogen (secondary N) is 1. The highest BCUT2D eigenvalue weighted by Gasteiger charge is 2.34. The van der Waals surface area contributed by atoms with Gasteiger partial charge in [-0.3, -0.25) is 4.79 Å². The molecular formula is C17H22N4O4S. The fraction of sp³-hybridized carbons (Fsp3) is 0.471. The van der Waals surface area contributed by atoms with Gasteiger partial charge in [0.05, 0.1) is 11.3 Å². The van der Waals surface area contributed by atoms with E-state index in [0.717, 1.165) is 30.5 Å². The van der Waals surface area contributed by atoms with Crippen LogP contribution in [0.1, 0.15) is 36.0 Å². The maximum Gasteiger partial charge on any atom is 0.224 e. The molecule has 1 saturated carbocycles. The summed E-state index contributed by atoms with van der Waals surface area (Å²) in [5.41, 5.74) is 0.770. The van der Waals surface area contributed by atoms with Crippen molar-refractivity contribution in [2.45, 2.75) is 42.7 Å². The van der Waals surface area contributed by atoms with E-state index < -0.39 is 9.84 Å². The average Bonchev–Trinajstić information content (AvgIpc) is 2.90. The number of aliphatic hydroxyl groups excluding tert-OH is 1. The van der Waals surface area contributed by atoms with E-state index in [4.69, 9.17) is 5.11 Å². The van der Waals surface area contributed by atoms with Gasteiger partial charge >= 0.3 is 0 Å². The standard InChI is InChI=1S/C17H22N4O4S/c1-21-15(10-22)19-20-17(21)12-8-13(9-12)18-16(23)7-11-3-5-14(6-4-11)26(2,24)25/h3-6,12-13,22H,7-10H2,1-2H3,(H,18,23). The van der Waals surface area contributed by atoms with Gasteiger partial charge in [-0.05, 0) is 30.5 Å². The third-order valence-electron chi connectivity index (χ3n) is 4.72. The van der Waals surface area contributed by atoms with Crippen LogP contribution in [0.5, 0.6) is 0 Å². The Morgan fingerprint density at radius 2 is 1.92 bits per heavy atom. The zero-order valence-electron chi connectivity index (χ0n) is 14.7. The molecule has 0 radical (unpaired) electrons. The highest BCUT2D eigenvalue weighted by atomic mass is 32.2. The Morgan fingerprint density at radius 1 is 1.27 bits per heavy atom. The predicted molar refractivity (Wildman–Crippen MR) is 94.1 cm³/mol. The lowest BCUT2D eigenvalue weighted by molar-refractivity contribution is -0.121. The minimum Gasteiger partial charge on any atom is -0.388 e. The molecule has 1 aromatic heterocycles. The zero-order valence-corrected chi connectivity index (χ0v) is 15.5. The van der Waals surface area contributed by atoms with Crippen molar-refractivity contribution in [3.05, 3.63) is 41.5 Å². The fourth-order valence-electron chi connectivity index (χ4n) is 3.13. The summed E-state index contributed by atoms with van der Waals surface area (Å²) in [5.74, 6) is 1.50. The first kappa shape index (κ1) is 18.5. The monoisotopic (exact) mass is 378 g/mol. The van der Waals surface area contributed by atoms with Gasteiger partial charge in [0.2, 0.25) is 5.91 Å². The zero-order chi connectivity index (χ0) is 18.9. The predicted octanol–water partition coefficient (Wildman–Crippen LogP) is 0.316. The van der Waals surface area contributed by atoms with Gasteiger partial charge < -0.3 is 15.0 Å². The Hall–Kier alpha value is -2.26. The third kappa shape index (κ3) is 3.94. The molecule has 1 amide bonds. The largest absolute Gasteiger partial charge is 0.388 e. The number of nitrogens with zero attached hydrogens (tertiary/aromatic N) is 3. The van der Waals surface area contributed by atoms with Crippen LogP contribution >= 0.6 is 0 Å². The quantitative estimate of drug-likeness (QED) is 0.748. The van der Waals surface area contributed by atoms with E-state index in [-0.39, 0.29) is 35.8 Å². The number of carbonyl (C=O) groups is 1. The molecule has 1 aliphatic rings. The van der Waals surface area contributed by atoms with Crippen LogP contribution in [0.4, 0.5) is 0 Å². The Labute approximate surface area is 152 Å². The summed E-state index contributed by atoms with van der Waals surface area (Å²) in [6, 6.07) is 6.45. The second-order valence-corrected chi connectivity index (χ2v) is 8.73.